The van der Waals surface area contributed by atoms with Crippen LogP contribution in [0.4, 0.5) is 0 Å². The molecule has 0 bridgehead atoms. The number of rotatable bonds is 1. The molecule has 0 aliphatic carbocycles. The van der Waals surface area contributed by atoms with Crippen molar-refractivity contribution in [1.29, 1.82) is 0 Å². The molecule has 1 nitrogen and oxygen atoms in total. The van der Waals surface area contributed by atoms with E-state index in [1.54, 1.807) is 0 Å². The highest BCUT2D eigenvalue weighted by atomic mass is 32.2. The Morgan fingerprint density at radius 2 is 2.20 bits per heavy atom. The van der Waals surface area contributed by atoms with Crippen LogP contribution in [0.25, 0.3) is 0 Å². The highest BCUT2D eigenvalue weighted by Crippen LogP contribution is 2.23. The second-order valence-electron chi connectivity index (χ2n) is 3.51. The Hall–Kier alpha value is 0.310. The van der Waals surface area contributed by atoms with Gasteiger partial charge in [0.25, 0.3) is 0 Å². The highest BCUT2D eigenvalue weighted by molar-refractivity contribution is 7.99. The summed E-state index contributed by atoms with van der Waals surface area (Å²) in [6.07, 6.45) is 0. The van der Waals surface area contributed by atoms with Gasteiger partial charge in [0, 0.05) is 0 Å². The normalized spacial score (nSPS) is 34.8. The van der Waals surface area contributed by atoms with Crippen molar-refractivity contribution in [2.45, 2.75) is 26.1 Å². The standard InChI is InChI=1S/C8H17NS/c1-6(2)8-9-4-7(3)5-10-8/h6-9H,4-5H2,1-3H3. The summed E-state index contributed by atoms with van der Waals surface area (Å²) in [7, 11) is 0. The monoisotopic (exact) mass is 159 g/mol. The predicted molar refractivity (Wildman–Crippen MR) is 48.3 cm³/mol. The molecule has 0 amide bonds. The van der Waals surface area contributed by atoms with E-state index in [9.17, 15) is 0 Å². The summed E-state index contributed by atoms with van der Waals surface area (Å²) in [5.74, 6) is 2.97. The molecular weight excluding hydrogens is 142 g/mol. The summed E-state index contributed by atoms with van der Waals surface area (Å²) >= 11 is 2.07. The van der Waals surface area contributed by atoms with E-state index in [4.69, 9.17) is 0 Å². The van der Waals surface area contributed by atoms with Crippen LogP contribution in [0.2, 0.25) is 0 Å². The fourth-order valence-electron chi connectivity index (χ4n) is 1.13. The highest BCUT2D eigenvalue weighted by Gasteiger charge is 2.19. The molecule has 60 valence electrons. The maximum atomic E-state index is 3.53. The van der Waals surface area contributed by atoms with E-state index in [0.717, 1.165) is 11.8 Å². The summed E-state index contributed by atoms with van der Waals surface area (Å²) in [6.45, 7) is 8.06. The molecule has 1 aliphatic heterocycles. The van der Waals surface area contributed by atoms with Crippen molar-refractivity contribution < 1.29 is 0 Å². The molecule has 0 aromatic heterocycles. The van der Waals surface area contributed by atoms with Crippen LogP contribution in [-0.2, 0) is 0 Å². The lowest BCUT2D eigenvalue weighted by Gasteiger charge is -2.29. The first-order valence-electron chi connectivity index (χ1n) is 4.05. The van der Waals surface area contributed by atoms with Gasteiger partial charge in [0.05, 0.1) is 5.37 Å². The molecule has 2 atom stereocenters. The predicted octanol–water partition coefficient (Wildman–Crippen LogP) is 1.94. The molecule has 0 aromatic rings. The second kappa shape index (κ2) is 3.63. The van der Waals surface area contributed by atoms with E-state index in [1.807, 2.05) is 0 Å². The van der Waals surface area contributed by atoms with Crippen molar-refractivity contribution in [2.24, 2.45) is 11.8 Å². The first kappa shape index (κ1) is 8.41. The number of thioether (sulfide) groups is 1. The molecule has 1 heterocycles. The van der Waals surface area contributed by atoms with E-state index < -0.39 is 0 Å². The van der Waals surface area contributed by atoms with E-state index in [2.05, 4.69) is 37.8 Å². The van der Waals surface area contributed by atoms with Gasteiger partial charge in [0.2, 0.25) is 0 Å². The topological polar surface area (TPSA) is 12.0 Å². The Balaban J connectivity index is 2.26. The molecule has 1 aliphatic rings. The zero-order valence-corrected chi connectivity index (χ0v) is 7.87. The molecule has 0 aromatic carbocycles. The van der Waals surface area contributed by atoms with Crippen LogP contribution >= 0.6 is 11.8 Å². The van der Waals surface area contributed by atoms with Gasteiger partial charge < -0.3 is 5.32 Å². The van der Waals surface area contributed by atoms with Crippen molar-refractivity contribution in [3.63, 3.8) is 0 Å². The average Bonchev–Trinajstić information content (AvgIpc) is 1.88. The molecule has 2 unspecified atom stereocenters. The van der Waals surface area contributed by atoms with Crippen molar-refractivity contribution >= 4 is 11.8 Å². The average molecular weight is 159 g/mol. The largest absolute Gasteiger partial charge is 0.305 e. The van der Waals surface area contributed by atoms with Crippen molar-refractivity contribution in [2.75, 3.05) is 12.3 Å². The zero-order chi connectivity index (χ0) is 7.56. The molecule has 1 fully saturated rings. The smallest absolute Gasteiger partial charge is 0.0555 e. The van der Waals surface area contributed by atoms with Gasteiger partial charge in [-0.25, -0.2) is 0 Å². The van der Waals surface area contributed by atoms with Crippen molar-refractivity contribution in [3.05, 3.63) is 0 Å². The Kier molecular flexibility index (Phi) is 3.05. The summed E-state index contributed by atoms with van der Waals surface area (Å²) in [6, 6.07) is 0. The molecule has 1 rings (SSSR count). The maximum absolute atomic E-state index is 3.53. The van der Waals surface area contributed by atoms with E-state index in [1.165, 1.54) is 12.3 Å². The van der Waals surface area contributed by atoms with Crippen LogP contribution < -0.4 is 5.32 Å². The third kappa shape index (κ3) is 2.17. The van der Waals surface area contributed by atoms with Crippen LogP contribution in [-0.4, -0.2) is 17.7 Å². The molecular formula is C8H17NS. The van der Waals surface area contributed by atoms with Crippen molar-refractivity contribution in [3.8, 4) is 0 Å². The zero-order valence-electron chi connectivity index (χ0n) is 7.05. The minimum absolute atomic E-state index is 0.705. The van der Waals surface area contributed by atoms with E-state index >= 15 is 0 Å². The third-order valence-electron chi connectivity index (χ3n) is 1.83. The molecule has 2 heteroatoms. The Morgan fingerprint density at radius 1 is 1.50 bits per heavy atom. The van der Waals surface area contributed by atoms with Crippen LogP contribution in [0.5, 0.6) is 0 Å². The van der Waals surface area contributed by atoms with Crippen LogP contribution in [0, 0.1) is 11.8 Å². The van der Waals surface area contributed by atoms with Gasteiger partial charge in [0.1, 0.15) is 0 Å². The lowest BCUT2D eigenvalue weighted by atomic mass is 10.2. The minimum Gasteiger partial charge on any atom is -0.305 e. The van der Waals surface area contributed by atoms with Crippen LogP contribution in [0.3, 0.4) is 0 Å². The summed E-state index contributed by atoms with van der Waals surface area (Å²) < 4.78 is 0. The van der Waals surface area contributed by atoms with E-state index in [0.29, 0.717) is 5.37 Å². The fraction of sp³-hybridized carbons (Fsp3) is 1.00. The third-order valence-corrected chi connectivity index (χ3v) is 3.66. The summed E-state index contributed by atoms with van der Waals surface area (Å²) in [4.78, 5) is 0. The Labute approximate surface area is 68.0 Å². The quantitative estimate of drug-likeness (QED) is 0.627. The molecule has 0 radical (unpaired) electrons. The molecule has 10 heavy (non-hydrogen) atoms. The van der Waals surface area contributed by atoms with Gasteiger partial charge in [-0.2, -0.15) is 0 Å². The van der Waals surface area contributed by atoms with Gasteiger partial charge in [-0.1, -0.05) is 20.8 Å². The van der Waals surface area contributed by atoms with Gasteiger partial charge in [0.15, 0.2) is 0 Å². The van der Waals surface area contributed by atoms with Gasteiger partial charge in [-0.05, 0) is 24.1 Å². The molecule has 1 N–H and O–H groups in total. The number of hydrogen-bond donors (Lipinski definition) is 1. The molecule has 0 spiro atoms. The van der Waals surface area contributed by atoms with Crippen LogP contribution in [0.1, 0.15) is 20.8 Å². The summed E-state index contributed by atoms with van der Waals surface area (Å²) in [5.41, 5.74) is 0. The minimum atomic E-state index is 0.705. The fourth-order valence-corrected chi connectivity index (χ4v) is 2.38. The van der Waals surface area contributed by atoms with Crippen LogP contribution in [0.15, 0.2) is 0 Å². The first-order chi connectivity index (χ1) is 4.70. The summed E-state index contributed by atoms with van der Waals surface area (Å²) in [5, 5.41) is 4.24. The first-order valence-corrected chi connectivity index (χ1v) is 5.10. The van der Waals surface area contributed by atoms with Gasteiger partial charge in [-0.3, -0.25) is 0 Å². The molecule has 0 saturated carbocycles. The van der Waals surface area contributed by atoms with Crippen molar-refractivity contribution in [1.82, 2.24) is 5.32 Å². The lowest BCUT2D eigenvalue weighted by Crippen LogP contribution is -2.39. The lowest BCUT2D eigenvalue weighted by molar-refractivity contribution is 0.453. The Bertz CT molecular complexity index is 95.4. The second-order valence-corrected chi connectivity index (χ2v) is 4.69. The molecule has 1 saturated heterocycles. The van der Waals surface area contributed by atoms with Gasteiger partial charge in [-0.15, -0.1) is 11.8 Å². The van der Waals surface area contributed by atoms with E-state index in [-0.39, 0.29) is 0 Å². The van der Waals surface area contributed by atoms with Gasteiger partial charge >= 0.3 is 0 Å². The SMILES string of the molecule is CC1CNC(C(C)C)SC1. The Morgan fingerprint density at radius 3 is 2.60 bits per heavy atom. The number of hydrogen-bond acceptors (Lipinski definition) is 2. The maximum Gasteiger partial charge on any atom is 0.0555 e. The number of nitrogens with one attached hydrogen (secondary N) is 1.